The molecule has 0 aliphatic heterocycles. The van der Waals surface area contributed by atoms with Crippen LogP contribution in [0.25, 0.3) is 0 Å². The van der Waals surface area contributed by atoms with E-state index in [2.05, 4.69) is 58.0 Å². The van der Waals surface area contributed by atoms with E-state index in [0.717, 1.165) is 42.1 Å². The Morgan fingerprint density at radius 2 is 1.71 bits per heavy atom. The largest absolute Gasteiger partial charge is 0.493 e. The van der Waals surface area contributed by atoms with Crippen molar-refractivity contribution in [2.75, 3.05) is 33.2 Å². The molecule has 0 saturated carbocycles. The van der Waals surface area contributed by atoms with E-state index in [9.17, 15) is 0 Å². The molecule has 0 spiro atoms. The normalized spacial score (nSPS) is 11.0. The molecule has 2 aromatic carbocycles. The molecule has 0 atom stereocenters. The zero-order valence-corrected chi connectivity index (χ0v) is 19.1. The first-order valence-electron chi connectivity index (χ1n) is 10.6. The van der Waals surface area contributed by atoms with Gasteiger partial charge in [-0.2, -0.15) is 0 Å². The Balaban J connectivity index is 1.69. The summed E-state index contributed by atoms with van der Waals surface area (Å²) in [6.07, 6.45) is 8.17. The van der Waals surface area contributed by atoms with Gasteiger partial charge in [-0.25, -0.2) is 4.57 Å². The van der Waals surface area contributed by atoms with Crippen LogP contribution in [0.4, 0.5) is 11.4 Å². The zero-order chi connectivity index (χ0) is 22.2. The Kier molecular flexibility index (Phi) is 7.65. The molecular formula is C26H32N3O2+. The van der Waals surface area contributed by atoms with Crippen LogP contribution >= 0.6 is 0 Å². The number of pyridine rings is 1. The van der Waals surface area contributed by atoms with Crippen molar-refractivity contribution in [3.8, 4) is 11.5 Å². The molecule has 0 aliphatic rings. The molecule has 5 heteroatoms. The molecule has 0 amide bonds. The van der Waals surface area contributed by atoms with Crippen LogP contribution in [0.1, 0.15) is 23.6 Å². The van der Waals surface area contributed by atoms with Crippen LogP contribution in [-0.4, -0.2) is 34.5 Å². The average molecular weight is 419 g/mol. The number of methoxy groups -OCH3 is 2. The number of hydrogen-bond donors (Lipinski definition) is 0. The molecule has 0 radical (unpaired) electrons. The van der Waals surface area contributed by atoms with Crippen LogP contribution in [0.15, 0.2) is 65.9 Å². The Labute approximate surface area is 185 Å². The van der Waals surface area contributed by atoms with Gasteiger partial charge in [-0.15, -0.1) is 0 Å². The summed E-state index contributed by atoms with van der Waals surface area (Å²) in [5, 5.41) is 0. The summed E-state index contributed by atoms with van der Waals surface area (Å²) in [6.45, 7) is 3.07. The first-order chi connectivity index (χ1) is 15.0. The SMILES string of the molecule is CCc1c[n+](CCc2ccc(OC)c(OC)c2)ccc1C=Nc1ccc(N(C)C)cc1. The van der Waals surface area contributed by atoms with Crippen molar-refractivity contribution in [3.05, 3.63) is 77.6 Å². The van der Waals surface area contributed by atoms with Crippen LogP contribution in [0.2, 0.25) is 0 Å². The van der Waals surface area contributed by atoms with Gasteiger partial charge < -0.3 is 14.4 Å². The lowest BCUT2D eigenvalue weighted by atomic mass is 10.1. The van der Waals surface area contributed by atoms with Gasteiger partial charge in [0.2, 0.25) is 0 Å². The molecule has 0 aliphatic carbocycles. The number of aryl methyl sites for hydroxylation is 3. The van der Waals surface area contributed by atoms with Crippen molar-refractivity contribution in [2.45, 2.75) is 26.3 Å². The molecule has 3 rings (SSSR count). The Morgan fingerprint density at radius 3 is 2.35 bits per heavy atom. The molecule has 162 valence electrons. The van der Waals surface area contributed by atoms with E-state index in [-0.39, 0.29) is 0 Å². The summed E-state index contributed by atoms with van der Waals surface area (Å²) >= 11 is 0. The van der Waals surface area contributed by atoms with Crippen molar-refractivity contribution < 1.29 is 14.0 Å². The Hall–Kier alpha value is -3.34. The molecular weight excluding hydrogens is 386 g/mol. The highest BCUT2D eigenvalue weighted by Crippen LogP contribution is 2.27. The second-order valence-electron chi connectivity index (χ2n) is 7.63. The van der Waals surface area contributed by atoms with Gasteiger partial charge in [0.25, 0.3) is 0 Å². The molecule has 0 bridgehead atoms. The Morgan fingerprint density at radius 1 is 0.968 bits per heavy atom. The minimum Gasteiger partial charge on any atom is -0.493 e. The first kappa shape index (κ1) is 22.3. The monoisotopic (exact) mass is 418 g/mol. The summed E-state index contributed by atoms with van der Waals surface area (Å²) in [5.41, 5.74) is 5.78. The van der Waals surface area contributed by atoms with E-state index < -0.39 is 0 Å². The molecule has 0 saturated heterocycles. The van der Waals surface area contributed by atoms with E-state index in [0.29, 0.717) is 0 Å². The molecule has 3 aromatic rings. The van der Waals surface area contributed by atoms with Crippen LogP contribution in [0, 0.1) is 0 Å². The quantitative estimate of drug-likeness (QED) is 0.376. The standard InChI is InChI=1S/C26H32N3O2/c1-6-21-19-29(15-13-20-7-12-25(30-4)26(17-20)31-5)16-14-22(21)18-27-23-8-10-24(11-9-23)28(2)3/h7-12,14,16-19H,6,13,15H2,1-5H3/q+1. The Bertz CT molecular complexity index is 1030. The molecule has 0 unspecified atom stereocenters. The van der Waals surface area contributed by atoms with Crippen molar-refractivity contribution in [1.82, 2.24) is 0 Å². The van der Waals surface area contributed by atoms with Crippen LogP contribution in [-0.2, 0) is 19.4 Å². The van der Waals surface area contributed by atoms with Gasteiger partial charge >= 0.3 is 0 Å². The predicted octanol–water partition coefficient (Wildman–Crippen LogP) is 4.61. The topological polar surface area (TPSA) is 37.9 Å². The average Bonchev–Trinajstić information content (AvgIpc) is 2.81. The second-order valence-corrected chi connectivity index (χ2v) is 7.63. The highest BCUT2D eigenvalue weighted by Gasteiger charge is 2.09. The van der Waals surface area contributed by atoms with E-state index in [4.69, 9.17) is 9.47 Å². The van der Waals surface area contributed by atoms with Gasteiger partial charge in [-0.05, 0) is 48.4 Å². The molecule has 31 heavy (non-hydrogen) atoms. The number of aromatic nitrogens is 1. The lowest BCUT2D eigenvalue weighted by Crippen LogP contribution is -2.35. The van der Waals surface area contributed by atoms with Gasteiger partial charge in [0.15, 0.2) is 30.4 Å². The van der Waals surface area contributed by atoms with Gasteiger partial charge in [-0.3, -0.25) is 4.99 Å². The van der Waals surface area contributed by atoms with E-state index in [1.165, 1.54) is 16.8 Å². The predicted molar refractivity (Wildman–Crippen MR) is 127 cm³/mol. The number of benzene rings is 2. The maximum absolute atomic E-state index is 5.41. The second kappa shape index (κ2) is 10.6. The fourth-order valence-corrected chi connectivity index (χ4v) is 3.44. The van der Waals surface area contributed by atoms with Crippen molar-refractivity contribution in [1.29, 1.82) is 0 Å². The van der Waals surface area contributed by atoms with Crippen molar-refractivity contribution in [2.24, 2.45) is 4.99 Å². The fraction of sp³-hybridized carbons (Fsp3) is 0.308. The summed E-state index contributed by atoms with van der Waals surface area (Å²) in [6, 6.07) is 16.5. The molecule has 1 heterocycles. The minimum absolute atomic E-state index is 0.757. The van der Waals surface area contributed by atoms with Gasteiger partial charge in [0, 0.05) is 49.6 Å². The van der Waals surface area contributed by atoms with E-state index >= 15 is 0 Å². The van der Waals surface area contributed by atoms with Crippen LogP contribution in [0.3, 0.4) is 0 Å². The molecule has 5 nitrogen and oxygen atoms in total. The highest BCUT2D eigenvalue weighted by atomic mass is 16.5. The van der Waals surface area contributed by atoms with E-state index in [1.54, 1.807) is 14.2 Å². The number of nitrogens with zero attached hydrogens (tertiary/aromatic N) is 3. The zero-order valence-electron chi connectivity index (χ0n) is 19.1. The highest BCUT2D eigenvalue weighted by molar-refractivity contribution is 5.83. The van der Waals surface area contributed by atoms with Gasteiger partial charge in [-0.1, -0.05) is 13.0 Å². The number of anilines is 1. The van der Waals surface area contributed by atoms with Gasteiger partial charge in [0.05, 0.1) is 19.9 Å². The summed E-state index contributed by atoms with van der Waals surface area (Å²) < 4.78 is 13.0. The maximum atomic E-state index is 5.41. The summed E-state index contributed by atoms with van der Waals surface area (Å²) in [7, 11) is 7.40. The third kappa shape index (κ3) is 5.85. The van der Waals surface area contributed by atoms with Gasteiger partial charge in [0.1, 0.15) is 0 Å². The van der Waals surface area contributed by atoms with Crippen molar-refractivity contribution in [3.63, 3.8) is 0 Å². The molecule has 1 aromatic heterocycles. The third-order valence-electron chi connectivity index (χ3n) is 5.34. The molecule has 0 fully saturated rings. The fourth-order valence-electron chi connectivity index (χ4n) is 3.44. The summed E-state index contributed by atoms with van der Waals surface area (Å²) in [5.74, 6) is 1.52. The summed E-state index contributed by atoms with van der Waals surface area (Å²) in [4.78, 5) is 6.75. The number of hydrogen-bond acceptors (Lipinski definition) is 4. The van der Waals surface area contributed by atoms with E-state index in [1.807, 2.05) is 44.6 Å². The number of rotatable bonds is 9. The molecule has 0 N–H and O–H groups in total. The number of ether oxygens (including phenoxy) is 2. The minimum atomic E-state index is 0.757. The third-order valence-corrected chi connectivity index (χ3v) is 5.34. The first-order valence-corrected chi connectivity index (χ1v) is 10.6. The number of aliphatic imine (C=N–C) groups is 1. The van der Waals surface area contributed by atoms with Crippen LogP contribution < -0.4 is 18.9 Å². The lowest BCUT2D eigenvalue weighted by molar-refractivity contribution is -0.696. The maximum Gasteiger partial charge on any atom is 0.172 e. The lowest BCUT2D eigenvalue weighted by Gasteiger charge is -2.11. The van der Waals surface area contributed by atoms with Crippen molar-refractivity contribution >= 4 is 17.6 Å². The smallest absolute Gasteiger partial charge is 0.172 e. The van der Waals surface area contributed by atoms with Crippen LogP contribution in [0.5, 0.6) is 11.5 Å².